The highest BCUT2D eigenvalue weighted by Crippen LogP contribution is 2.35. The van der Waals surface area contributed by atoms with Crippen LogP contribution in [0.1, 0.15) is 10.4 Å². The lowest BCUT2D eigenvalue weighted by atomic mass is 10.1. The van der Waals surface area contributed by atoms with Gasteiger partial charge in [-0.2, -0.15) is 0 Å². The molecule has 3 heterocycles. The summed E-state index contributed by atoms with van der Waals surface area (Å²) in [6.07, 6.45) is 1.46. The smallest absolute Gasteiger partial charge is 0.262 e. The highest BCUT2D eigenvalue weighted by atomic mass is 35.5. The van der Waals surface area contributed by atoms with Crippen molar-refractivity contribution in [2.75, 3.05) is 7.05 Å². The number of halogens is 1. The third kappa shape index (κ3) is 3.99. The van der Waals surface area contributed by atoms with Gasteiger partial charge in [-0.3, -0.25) is 14.2 Å². The minimum Gasteiger partial charge on any atom is -0.339 e. The molecule has 0 aliphatic carbocycles. The topological polar surface area (TPSA) is 55.2 Å². The summed E-state index contributed by atoms with van der Waals surface area (Å²) in [5, 5.41) is 0.580. The molecule has 8 heteroatoms. The molecule has 4 aromatic rings. The van der Waals surface area contributed by atoms with Gasteiger partial charge in [0.15, 0.2) is 0 Å². The van der Waals surface area contributed by atoms with Crippen molar-refractivity contribution >= 4 is 50.4 Å². The largest absolute Gasteiger partial charge is 0.339 e. The molecule has 4 rings (SSSR count). The molecule has 0 fully saturated rings. The molecular weight excluding hydrogens is 426 g/mol. The molecule has 1 amide bonds. The van der Waals surface area contributed by atoms with Crippen LogP contribution in [-0.4, -0.2) is 27.4 Å². The van der Waals surface area contributed by atoms with Gasteiger partial charge < -0.3 is 4.90 Å². The Morgan fingerprint density at radius 2 is 1.93 bits per heavy atom. The number of aromatic nitrogens is 2. The molecule has 1 aromatic carbocycles. The van der Waals surface area contributed by atoms with Crippen LogP contribution in [0.15, 0.2) is 53.6 Å². The first kappa shape index (κ1) is 19.8. The van der Waals surface area contributed by atoms with Gasteiger partial charge in [0.25, 0.3) is 5.56 Å². The molecule has 0 aliphatic rings. The van der Waals surface area contributed by atoms with E-state index in [1.807, 2.05) is 49.4 Å². The van der Waals surface area contributed by atoms with E-state index in [2.05, 4.69) is 4.98 Å². The third-order valence-electron chi connectivity index (χ3n) is 4.71. The SMILES string of the molecule is Cc1c(-c2ccccc2)sc2ncn(CC(=O)N(C)Cc3ccc(Cl)s3)c(=O)c12. The number of benzene rings is 1. The van der Waals surface area contributed by atoms with Crippen LogP contribution < -0.4 is 5.56 Å². The van der Waals surface area contributed by atoms with Crippen LogP contribution in [0, 0.1) is 6.92 Å². The summed E-state index contributed by atoms with van der Waals surface area (Å²) in [5.74, 6) is -0.158. The molecule has 0 spiro atoms. The van der Waals surface area contributed by atoms with E-state index in [9.17, 15) is 9.59 Å². The van der Waals surface area contributed by atoms with Crippen molar-refractivity contribution in [1.29, 1.82) is 0 Å². The lowest BCUT2D eigenvalue weighted by molar-refractivity contribution is -0.131. The molecule has 0 N–H and O–H groups in total. The van der Waals surface area contributed by atoms with Crippen molar-refractivity contribution < 1.29 is 4.79 Å². The Bertz CT molecular complexity index is 1240. The molecule has 0 atom stereocenters. The molecule has 5 nitrogen and oxygen atoms in total. The maximum atomic E-state index is 13.1. The number of carbonyl (C=O) groups is 1. The Labute approximate surface area is 180 Å². The number of thiophene rings is 2. The number of nitrogens with zero attached hydrogens (tertiary/aromatic N) is 3. The van der Waals surface area contributed by atoms with Gasteiger partial charge in [-0.25, -0.2) is 4.98 Å². The zero-order chi connectivity index (χ0) is 20.5. The third-order valence-corrected chi connectivity index (χ3v) is 7.17. The van der Waals surface area contributed by atoms with Gasteiger partial charge in [0.05, 0.1) is 22.6 Å². The predicted octanol–water partition coefficient (Wildman–Crippen LogP) is 4.81. The van der Waals surface area contributed by atoms with E-state index in [-0.39, 0.29) is 18.0 Å². The van der Waals surface area contributed by atoms with Gasteiger partial charge in [-0.1, -0.05) is 41.9 Å². The van der Waals surface area contributed by atoms with Gasteiger partial charge in [-0.15, -0.1) is 22.7 Å². The Kier molecular flexibility index (Phi) is 5.54. The fraction of sp³-hybridized carbons (Fsp3) is 0.190. The number of hydrogen-bond acceptors (Lipinski definition) is 5. The normalized spacial score (nSPS) is 11.1. The molecule has 29 heavy (non-hydrogen) atoms. The maximum Gasteiger partial charge on any atom is 0.262 e. The average Bonchev–Trinajstić information content (AvgIpc) is 3.27. The number of likely N-dealkylation sites (N-methyl/N-ethyl adjacent to an activating group) is 1. The van der Waals surface area contributed by atoms with E-state index in [0.717, 1.165) is 20.9 Å². The van der Waals surface area contributed by atoms with E-state index in [1.54, 1.807) is 11.9 Å². The fourth-order valence-corrected chi connectivity index (χ4v) is 5.45. The molecule has 0 saturated carbocycles. The first-order valence-corrected chi connectivity index (χ1v) is 11.0. The van der Waals surface area contributed by atoms with Crippen LogP contribution in [0.2, 0.25) is 4.34 Å². The van der Waals surface area contributed by atoms with Crippen molar-refractivity contribution in [1.82, 2.24) is 14.5 Å². The quantitative estimate of drug-likeness (QED) is 0.445. The Hall–Kier alpha value is -2.48. The predicted molar refractivity (Wildman–Crippen MR) is 120 cm³/mol. The minimum atomic E-state index is -0.188. The Morgan fingerprint density at radius 1 is 1.17 bits per heavy atom. The number of carbonyl (C=O) groups excluding carboxylic acids is 1. The number of aryl methyl sites for hydroxylation is 1. The summed E-state index contributed by atoms with van der Waals surface area (Å²) < 4.78 is 2.07. The fourth-order valence-electron chi connectivity index (χ4n) is 3.16. The monoisotopic (exact) mass is 443 g/mol. The van der Waals surface area contributed by atoms with Gasteiger partial charge in [0, 0.05) is 16.8 Å². The van der Waals surface area contributed by atoms with Crippen molar-refractivity contribution in [2.24, 2.45) is 0 Å². The summed E-state index contributed by atoms with van der Waals surface area (Å²) in [6.45, 7) is 2.34. The van der Waals surface area contributed by atoms with E-state index >= 15 is 0 Å². The van der Waals surface area contributed by atoms with Gasteiger partial charge >= 0.3 is 0 Å². The first-order valence-electron chi connectivity index (χ1n) is 8.96. The molecular formula is C21H18ClN3O2S2. The highest BCUT2D eigenvalue weighted by molar-refractivity contribution is 7.22. The van der Waals surface area contributed by atoms with Gasteiger partial charge in [0.2, 0.25) is 5.91 Å². The minimum absolute atomic E-state index is 0.0483. The van der Waals surface area contributed by atoms with Crippen molar-refractivity contribution in [2.45, 2.75) is 20.0 Å². The van der Waals surface area contributed by atoms with E-state index < -0.39 is 0 Å². The number of amides is 1. The van der Waals surface area contributed by atoms with Gasteiger partial charge in [0.1, 0.15) is 11.4 Å². The second-order valence-corrected chi connectivity index (χ2v) is 9.53. The lowest BCUT2D eigenvalue weighted by Crippen LogP contribution is -2.33. The average molecular weight is 444 g/mol. The van der Waals surface area contributed by atoms with Crippen LogP contribution in [-0.2, 0) is 17.9 Å². The van der Waals surface area contributed by atoms with Crippen molar-refractivity contribution in [3.63, 3.8) is 0 Å². The number of rotatable bonds is 5. The van der Waals surface area contributed by atoms with E-state index in [4.69, 9.17) is 11.6 Å². The summed E-state index contributed by atoms with van der Waals surface area (Å²) in [4.78, 5) is 34.4. The summed E-state index contributed by atoms with van der Waals surface area (Å²) >= 11 is 8.89. The second-order valence-electron chi connectivity index (χ2n) is 6.74. The van der Waals surface area contributed by atoms with Crippen LogP contribution in [0.4, 0.5) is 0 Å². The first-order chi connectivity index (χ1) is 13.9. The zero-order valence-electron chi connectivity index (χ0n) is 15.9. The van der Waals surface area contributed by atoms with Gasteiger partial charge in [-0.05, 0) is 30.2 Å². The Morgan fingerprint density at radius 3 is 2.62 bits per heavy atom. The van der Waals surface area contributed by atoms with Crippen molar-refractivity contribution in [3.05, 3.63) is 73.9 Å². The van der Waals surface area contributed by atoms with Crippen molar-refractivity contribution in [3.8, 4) is 10.4 Å². The molecule has 0 bridgehead atoms. The van der Waals surface area contributed by atoms with Crippen LogP contribution in [0.5, 0.6) is 0 Å². The highest BCUT2D eigenvalue weighted by Gasteiger charge is 2.18. The lowest BCUT2D eigenvalue weighted by Gasteiger charge is -2.16. The van der Waals surface area contributed by atoms with E-state index in [1.165, 1.54) is 33.6 Å². The zero-order valence-corrected chi connectivity index (χ0v) is 18.3. The van der Waals surface area contributed by atoms with E-state index in [0.29, 0.717) is 21.1 Å². The number of fused-ring (bicyclic) bond motifs is 1. The summed E-state index contributed by atoms with van der Waals surface area (Å²) in [7, 11) is 1.72. The summed E-state index contributed by atoms with van der Waals surface area (Å²) in [6, 6.07) is 13.7. The summed E-state index contributed by atoms with van der Waals surface area (Å²) in [5.41, 5.74) is 1.77. The molecule has 148 valence electrons. The second kappa shape index (κ2) is 8.10. The maximum absolute atomic E-state index is 13.1. The van der Waals surface area contributed by atoms with Crippen LogP contribution in [0.25, 0.3) is 20.7 Å². The van der Waals surface area contributed by atoms with Crippen LogP contribution in [0.3, 0.4) is 0 Å². The van der Waals surface area contributed by atoms with Crippen LogP contribution >= 0.6 is 34.3 Å². The standard InChI is InChI=1S/C21H18ClN3O2S2/c1-13-18-20(29-19(13)14-6-4-3-5-7-14)23-12-25(21(18)27)11-17(26)24(2)10-15-8-9-16(22)28-15/h3-9,12H,10-11H2,1-2H3. The molecule has 3 aromatic heterocycles. The number of hydrogen-bond donors (Lipinski definition) is 0. The molecule has 0 saturated heterocycles. The Balaban J connectivity index is 1.61. The molecule has 0 radical (unpaired) electrons. The molecule has 0 unspecified atom stereocenters. The molecule has 0 aliphatic heterocycles.